The van der Waals surface area contributed by atoms with Crippen LogP contribution in [0.1, 0.15) is 15.9 Å². The fourth-order valence-electron chi connectivity index (χ4n) is 4.27. The third-order valence-corrected chi connectivity index (χ3v) is 8.07. The highest BCUT2D eigenvalue weighted by molar-refractivity contribution is 7.92. The molecule has 4 aromatic rings. The number of carbonyl (C=O) groups is 1. The molecule has 1 atom stereocenters. The predicted molar refractivity (Wildman–Crippen MR) is 148 cm³/mol. The Bertz CT molecular complexity index is 1540. The molecule has 0 saturated heterocycles. The van der Waals surface area contributed by atoms with Crippen LogP contribution in [0.25, 0.3) is 0 Å². The van der Waals surface area contributed by atoms with Gasteiger partial charge in [-0.2, -0.15) is 0 Å². The van der Waals surface area contributed by atoms with E-state index in [4.69, 9.17) is 14.2 Å². The number of rotatable bonds is 9. The second-order valence-electron chi connectivity index (χ2n) is 8.90. The van der Waals surface area contributed by atoms with Crippen molar-refractivity contribution in [2.45, 2.75) is 17.5 Å². The number of benzene rings is 4. The lowest BCUT2D eigenvalue weighted by atomic mass is 10.1. The van der Waals surface area contributed by atoms with Gasteiger partial charge in [0.2, 0.25) is 0 Å². The average molecular weight is 545 g/mol. The largest absolute Gasteiger partial charge is 0.497 e. The zero-order chi connectivity index (χ0) is 27.2. The quantitative estimate of drug-likeness (QED) is 0.329. The third kappa shape index (κ3) is 5.83. The van der Waals surface area contributed by atoms with Crippen LogP contribution in [0.15, 0.2) is 108 Å². The molecule has 0 aromatic heterocycles. The topological polar surface area (TPSA) is 94.2 Å². The van der Waals surface area contributed by atoms with Gasteiger partial charge in [-0.05, 0) is 54.1 Å². The molecule has 0 saturated carbocycles. The number of ether oxygens (including phenoxy) is 3. The molecule has 0 bridgehead atoms. The first-order valence-electron chi connectivity index (χ1n) is 12.4. The van der Waals surface area contributed by atoms with Crippen LogP contribution in [0.4, 0.5) is 5.69 Å². The van der Waals surface area contributed by atoms with Crippen LogP contribution in [0.2, 0.25) is 0 Å². The Morgan fingerprint density at radius 3 is 2.31 bits per heavy atom. The Hall–Kier alpha value is -4.50. The van der Waals surface area contributed by atoms with E-state index in [0.717, 1.165) is 5.56 Å². The van der Waals surface area contributed by atoms with Crippen LogP contribution >= 0.6 is 0 Å². The standard InChI is InChI=1S/C30H28N2O6S/c1-36-23-15-17-25(18-16-23)39(34,35)32(20-22-9-3-2-4-10-22)27-12-6-5-11-26(27)30(33)31-19-24-21-37-28-13-7-8-14-29(28)38-24/h2-18,24H,19-21H2,1H3,(H,31,33)/t24-/m1/s1. The van der Waals surface area contributed by atoms with Crippen molar-refractivity contribution in [3.63, 3.8) is 0 Å². The lowest BCUT2D eigenvalue weighted by molar-refractivity contribution is 0.0789. The average Bonchev–Trinajstić information content (AvgIpc) is 2.99. The lowest BCUT2D eigenvalue weighted by Crippen LogP contribution is -2.41. The van der Waals surface area contributed by atoms with Gasteiger partial charge in [-0.15, -0.1) is 0 Å². The van der Waals surface area contributed by atoms with Gasteiger partial charge >= 0.3 is 0 Å². The molecule has 39 heavy (non-hydrogen) atoms. The van der Waals surface area contributed by atoms with Crippen LogP contribution in [0, 0.1) is 0 Å². The zero-order valence-electron chi connectivity index (χ0n) is 21.3. The lowest BCUT2D eigenvalue weighted by Gasteiger charge is -2.28. The number of para-hydroxylation sites is 3. The molecule has 4 aromatic carbocycles. The maximum Gasteiger partial charge on any atom is 0.264 e. The van der Waals surface area contributed by atoms with E-state index < -0.39 is 15.9 Å². The van der Waals surface area contributed by atoms with Crippen molar-refractivity contribution in [1.29, 1.82) is 0 Å². The summed E-state index contributed by atoms with van der Waals surface area (Å²) in [6.07, 6.45) is -0.389. The normalized spacial score (nSPS) is 14.3. The van der Waals surface area contributed by atoms with Gasteiger partial charge in [0.25, 0.3) is 15.9 Å². The summed E-state index contributed by atoms with van der Waals surface area (Å²) < 4.78 is 46.0. The van der Waals surface area contributed by atoms with Gasteiger partial charge in [0.1, 0.15) is 18.5 Å². The fourth-order valence-corrected chi connectivity index (χ4v) is 5.74. The number of carbonyl (C=O) groups excluding carboxylic acids is 1. The summed E-state index contributed by atoms with van der Waals surface area (Å²) >= 11 is 0. The van der Waals surface area contributed by atoms with E-state index in [1.807, 2.05) is 54.6 Å². The first-order valence-corrected chi connectivity index (χ1v) is 13.9. The number of nitrogens with one attached hydrogen (secondary N) is 1. The van der Waals surface area contributed by atoms with E-state index in [1.165, 1.54) is 23.5 Å². The van der Waals surface area contributed by atoms with Gasteiger partial charge in [-0.3, -0.25) is 9.10 Å². The number of sulfonamides is 1. The molecule has 0 fully saturated rings. The predicted octanol–water partition coefficient (Wildman–Crippen LogP) is 4.66. The zero-order valence-corrected chi connectivity index (χ0v) is 22.1. The SMILES string of the molecule is COc1ccc(S(=O)(=O)N(Cc2ccccc2)c2ccccc2C(=O)NC[C@@H]2COc3ccccc3O2)cc1. The molecule has 1 amide bonds. The molecule has 0 unspecified atom stereocenters. The minimum atomic E-state index is -4.05. The molecule has 0 aliphatic carbocycles. The first-order chi connectivity index (χ1) is 19.0. The van der Waals surface area contributed by atoms with Crippen molar-refractivity contribution >= 4 is 21.6 Å². The van der Waals surface area contributed by atoms with Crippen molar-refractivity contribution < 1.29 is 27.4 Å². The van der Waals surface area contributed by atoms with E-state index in [2.05, 4.69) is 5.32 Å². The van der Waals surface area contributed by atoms with Crippen molar-refractivity contribution in [3.05, 3.63) is 114 Å². The summed E-state index contributed by atoms with van der Waals surface area (Å²) in [5.74, 6) is 1.39. The van der Waals surface area contributed by atoms with E-state index >= 15 is 0 Å². The van der Waals surface area contributed by atoms with Crippen LogP contribution in [0.5, 0.6) is 17.2 Å². The van der Waals surface area contributed by atoms with E-state index in [9.17, 15) is 13.2 Å². The Morgan fingerprint density at radius 2 is 1.56 bits per heavy atom. The molecule has 8 nitrogen and oxygen atoms in total. The summed E-state index contributed by atoms with van der Waals surface area (Å²) in [4.78, 5) is 13.5. The summed E-state index contributed by atoms with van der Waals surface area (Å²) in [5, 5.41) is 2.88. The number of hydrogen-bond acceptors (Lipinski definition) is 6. The highest BCUT2D eigenvalue weighted by atomic mass is 32.2. The summed E-state index contributed by atoms with van der Waals surface area (Å²) in [6.45, 7) is 0.506. The monoisotopic (exact) mass is 544 g/mol. The van der Waals surface area contributed by atoms with Crippen molar-refractivity contribution in [2.24, 2.45) is 0 Å². The van der Waals surface area contributed by atoms with E-state index in [0.29, 0.717) is 17.2 Å². The minimum Gasteiger partial charge on any atom is -0.497 e. The molecular formula is C30H28N2O6S. The molecule has 200 valence electrons. The van der Waals surface area contributed by atoms with Gasteiger partial charge in [0, 0.05) is 0 Å². The highest BCUT2D eigenvalue weighted by Gasteiger charge is 2.29. The Labute approximate surface area is 227 Å². The number of anilines is 1. The number of fused-ring (bicyclic) bond motifs is 1. The number of nitrogens with zero attached hydrogens (tertiary/aromatic N) is 1. The summed E-state index contributed by atoms with van der Waals surface area (Å²) in [7, 11) is -2.53. The van der Waals surface area contributed by atoms with Crippen molar-refractivity contribution in [3.8, 4) is 17.2 Å². The van der Waals surface area contributed by atoms with Gasteiger partial charge < -0.3 is 19.5 Å². The van der Waals surface area contributed by atoms with Crippen LogP contribution in [-0.2, 0) is 16.6 Å². The van der Waals surface area contributed by atoms with Crippen LogP contribution in [-0.4, -0.2) is 40.7 Å². The molecule has 0 spiro atoms. The molecule has 1 aliphatic rings. The molecule has 9 heteroatoms. The number of hydrogen-bond donors (Lipinski definition) is 1. The van der Waals surface area contributed by atoms with Gasteiger partial charge in [0.05, 0.1) is 36.3 Å². The third-order valence-electron chi connectivity index (χ3n) is 6.29. The summed E-state index contributed by atoms with van der Waals surface area (Å²) in [6, 6.07) is 29.4. The molecule has 1 aliphatic heterocycles. The Balaban J connectivity index is 1.43. The second-order valence-corrected chi connectivity index (χ2v) is 10.8. The van der Waals surface area contributed by atoms with Crippen molar-refractivity contribution in [2.75, 3.05) is 24.6 Å². The molecule has 0 radical (unpaired) electrons. The highest BCUT2D eigenvalue weighted by Crippen LogP contribution is 2.32. The van der Waals surface area contributed by atoms with Crippen LogP contribution in [0.3, 0.4) is 0 Å². The van der Waals surface area contributed by atoms with Gasteiger partial charge in [-0.1, -0.05) is 54.6 Å². The Morgan fingerprint density at radius 1 is 0.897 bits per heavy atom. The first kappa shape index (κ1) is 26.1. The van der Waals surface area contributed by atoms with Crippen molar-refractivity contribution in [1.82, 2.24) is 5.32 Å². The van der Waals surface area contributed by atoms with Crippen LogP contribution < -0.4 is 23.8 Å². The van der Waals surface area contributed by atoms with E-state index in [1.54, 1.807) is 36.4 Å². The minimum absolute atomic E-state index is 0.0376. The summed E-state index contributed by atoms with van der Waals surface area (Å²) in [5.41, 5.74) is 1.26. The molecular weight excluding hydrogens is 516 g/mol. The second kappa shape index (κ2) is 11.5. The van der Waals surface area contributed by atoms with E-state index in [-0.39, 0.29) is 41.9 Å². The van der Waals surface area contributed by atoms with Gasteiger partial charge in [-0.25, -0.2) is 8.42 Å². The fraction of sp³-hybridized carbons (Fsp3) is 0.167. The maximum atomic E-state index is 14.0. The number of amides is 1. The Kier molecular flexibility index (Phi) is 7.69. The molecule has 5 rings (SSSR count). The molecule has 1 N–H and O–H groups in total. The smallest absolute Gasteiger partial charge is 0.264 e. The molecule has 1 heterocycles. The maximum absolute atomic E-state index is 14.0. The van der Waals surface area contributed by atoms with Gasteiger partial charge in [0.15, 0.2) is 11.5 Å². The number of methoxy groups -OCH3 is 1.